The Hall–Kier alpha value is -1.81. The number of rotatable bonds is 7. The summed E-state index contributed by atoms with van der Waals surface area (Å²) in [5.74, 6) is 1.11. The molecule has 0 saturated heterocycles. The Morgan fingerprint density at radius 3 is 2.76 bits per heavy atom. The summed E-state index contributed by atoms with van der Waals surface area (Å²) < 4.78 is 2.09. The highest BCUT2D eigenvalue weighted by atomic mass is 15.1. The van der Waals surface area contributed by atoms with Crippen LogP contribution in [0.1, 0.15) is 30.8 Å². The van der Waals surface area contributed by atoms with Gasteiger partial charge in [0.25, 0.3) is 0 Å². The lowest BCUT2D eigenvalue weighted by molar-refractivity contribution is 0.512. The van der Waals surface area contributed by atoms with Crippen LogP contribution in [0.2, 0.25) is 0 Å². The van der Waals surface area contributed by atoms with Crippen molar-refractivity contribution in [2.45, 2.75) is 25.8 Å². The number of benzene rings is 1. The molecule has 0 fully saturated rings. The first-order chi connectivity index (χ1) is 10.1. The van der Waals surface area contributed by atoms with Gasteiger partial charge in [0.2, 0.25) is 0 Å². The van der Waals surface area contributed by atoms with Gasteiger partial charge in [0.15, 0.2) is 0 Å². The zero-order valence-electron chi connectivity index (χ0n) is 13.5. The first-order valence-electron chi connectivity index (χ1n) is 7.58. The monoisotopic (exact) mass is 286 g/mol. The molecule has 4 nitrogen and oxygen atoms in total. The van der Waals surface area contributed by atoms with E-state index in [9.17, 15) is 0 Å². The maximum absolute atomic E-state index is 4.46. The summed E-state index contributed by atoms with van der Waals surface area (Å²) in [6, 6.07) is 9.02. The number of hydrogen-bond donors (Lipinski definition) is 1. The van der Waals surface area contributed by atoms with Gasteiger partial charge in [-0.15, -0.1) is 0 Å². The van der Waals surface area contributed by atoms with Crippen LogP contribution >= 0.6 is 0 Å². The van der Waals surface area contributed by atoms with Gasteiger partial charge < -0.3 is 14.8 Å². The van der Waals surface area contributed by atoms with Gasteiger partial charge in [0, 0.05) is 51.7 Å². The molecule has 114 valence electrons. The van der Waals surface area contributed by atoms with E-state index in [-0.39, 0.29) is 0 Å². The van der Waals surface area contributed by atoms with Crippen LogP contribution in [0.4, 0.5) is 5.69 Å². The van der Waals surface area contributed by atoms with E-state index in [1.807, 2.05) is 12.4 Å². The van der Waals surface area contributed by atoms with E-state index in [2.05, 4.69) is 72.1 Å². The molecule has 1 aromatic carbocycles. The zero-order chi connectivity index (χ0) is 15.2. The Morgan fingerprint density at radius 1 is 1.33 bits per heavy atom. The third-order valence-corrected chi connectivity index (χ3v) is 3.74. The zero-order valence-corrected chi connectivity index (χ0v) is 13.5. The number of hydrogen-bond acceptors (Lipinski definition) is 3. The largest absolute Gasteiger partial charge is 0.378 e. The van der Waals surface area contributed by atoms with Gasteiger partial charge in [-0.1, -0.05) is 19.1 Å². The average molecular weight is 286 g/mol. The highest BCUT2D eigenvalue weighted by molar-refractivity contribution is 5.48. The topological polar surface area (TPSA) is 33.1 Å². The maximum Gasteiger partial charge on any atom is 0.110 e. The van der Waals surface area contributed by atoms with Crippen LogP contribution in [0.3, 0.4) is 0 Å². The molecule has 0 aliphatic rings. The minimum absolute atomic E-state index is 0.297. The second-order valence-electron chi connectivity index (χ2n) is 5.65. The molecule has 0 saturated carbocycles. The molecule has 0 radical (unpaired) electrons. The molecular formula is C17H26N4. The molecule has 0 spiro atoms. The van der Waals surface area contributed by atoms with Crippen LogP contribution in [0, 0.1) is 0 Å². The average Bonchev–Trinajstić information content (AvgIpc) is 2.88. The third-order valence-electron chi connectivity index (χ3n) is 3.74. The summed E-state index contributed by atoms with van der Waals surface area (Å²) in [7, 11) is 6.20. The minimum Gasteiger partial charge on any atom is -0.378 e. The van der Waals surface area contributed by atoms with Crippen molar-refractivity contribution in [2.75, 3.05) is 25.5 Å². The Bertz CT molecular complexity index is 559. The van der Waals surface area contributed by atoms with E-state index in [1.54, 1.807) is 0 Å². The molecule has 21 heavy (non-hydrogen) atoms. The maximum atomic E-state index is 4.46. The van der Waals surface area contributed by atoms with Crippen molar-refractivity contribution in [2.24, 2.45) is 7.05 Å². The summed E-state index contributed by atoms with van der Waals surface area (Å²) in [5.41, 5.74) is 2.55. The molecule has 2 rings (SSSR count). The lowest BCUT2D eigenvalue weighted by Crippen LogP contribution is -2.25. The lowest BCUT2D eigenvalue weighted by Gasteiger charge is -2.21. The second kappa shape index (κ2) is 7.27. The normalized spacial score (nSPS) is 12.4. The Kier molecular flexibility index (Phi) is 5.39. The van der Waals surface area contributed by atoms with Crippen LogP contribution in [-0.4, -0.2) is 30.2 Å². The van der Waals surface area contributed by atoms with Crippen molar-refractivity contribution in [3.05, 3.63) is 48.0 Å². The van der Waals surface area contributed by atoms with Gasteiger partial charge in [0.05, 0.1) is 0 Å². The first kappa shape index (κ1) is 15.6. The van der Waals surface area contributed by atoms with Crippen molar-refractivity contribution in [1.29, 1.82) is 0 Å². The molecule has 1 N–H and O–H groups in total. The van der Waals surface area contributed by atoms with Gasteiger partial charge in [-0.3, -0.25) is 0 Å². The molecule has 1 unspecified atom stereocenters. The predicted octanol–water partition coefficient (Wildman–Crippen LogP) is 2.77. The molecule has 1 heterocycles. The fourth-order valence-electron chi connectivity index (χ4n) is 2.42. The summed E-state index contributed by atoms with van der Waals surface area (Å²) in [6.07, 6.45) is 5.90. The van der Waals surface area contributed by atoms with E-state index in [1.165, 1.54) is 11.3 Å². The summed E-state index contributed by atoms with van der Waals surface area (Å²) >= 11 is 0. The predicted molar refractivity (Wildman–Crippen MR) is 88.7 cm³/mol. The van der Waals surface area contributed by atoms with Gasteiger partial charge in [-0.05, 0) is 30.7 Å². The van der Waals surface area contributed by atoms with Gasteiger partial charge in [0.1, 0.15) is 5.82 Å². The highest BCUT2D eigenvalue weighted by Gasteiger charge is 2.14. The molecule has 0 bridgehead atoms. The second-order valence-corrected chi connectivity index (χ2v) is 5.65. The van der Waals surface area contributed by atoms with Crippen molar-refractivity contribution >= 4 is 5.69 Å². The summed E-state index contributed by atoms with van der Waals surface area (Å²) in [5, 5.41) is 3.65. The molecular weight excluding hydrogens is 260 g/mol. The third kappa shape index (κ3) is 4.08. The number of anilines is 1. The van der Waals surface area contributed by atoms with Crippen LogP contribution in [0.5, 0.6) is 0 Å². The number of nitrogens with zero attached hydrogens (tertiary/aromatic N) is 3. The van der Waals surface area contributed by atoms with Crippen molar-refractivity contribution in [3.8, 4) is 0 Å². The molecule has 4 heteroatoms. The number of nitrogens with one attached hydrogen (secondary N) is 1. The molecule has 0 amide bonds. The standard InChI is InChI=1S/C17H26N4/c1-5-9-18-16(13-17-19-10-11-21(17)4)14-7-6-8-15(12-14)20(2)3/h6-8,10-12,16,18H,5,9,13H2,1-4H3. The van der Waals surface area contributed by atoms with Crippen LogP contribution in [0.15, 0.2) is 36.7 Å². The Balaban J connectivity index is 2.22. The van der Waals surface area contributed by atoms with Crippen LogP contribution < -0.4 is 10.2 Å². The van der Waals surface area contributed by atoms with E-state index >= 15 is 0 Å². The van der Waals surface area contributed by atoms with E-state index < -0.39 is 0 Å². The van der Waals surface area contributed by atoms with Crippen LogP contribution in [0.25, 0.3) is 0 Å². The summed E-state index contributed by atoms with van der Waals surface area (Å²) in [4.78, 5) is 6.60. The van der Waals surface area contributed by atoms with Gasteiger partial charge in [-0.25, -0.2) is 4.98 Å². The van der Waals surface area contributed by atoms with E-state index in [4.69, 9.17) is 0 Å². The summed E-state index contributed by atoms with van der Waals surface area (Å²) in [6.45, 7) is 3.21. The van der Waals surface area contributed by atoms with Crippen LogP contribution in [-0.2, 0) is 13.5 Å². The van der Waals surface area contributed by atoms with Crippen molar-refractivity contribution in [3.63, 3.8) is 0 Å². The quantitative estimate of drug-likeness (QED) is 0.849. The van der Waals surface area contributed by atoms with Crippen molar-refractivity contribution < 1.29 is 0 Å². The molecule has 1 aromatic heterocycles. The number of aryl methyl sites for hydroxylation is 1. The molecule has 0 aliphatic heterocycles. The smallest absolute Gasteiger partial charge is 0.110 e. The van der Waals surface area contributed by atoms with E-state index in [0.29, 0.717) is 6.04 Å². The Labute approximate surface area is 127 Å². The number of aromatic nitrogens is 2. The van der Waals surface area contributed by atoms with Gasteiger partial charge in [-0.2, -0.15) is 0 Å². The highest BCUT2D eigenvalue weighted by Crippen LogP contribution is 2.22. The van der Waals surface area contributed by atoms with Crippen molar-refractivity contribution in [1.82, 2.24) is 14.9 Å². The molecule has 2 aromatic rings. The number of imidazole rings is 1. The Morgan fingerprint density at radius 2 is 2.14 bits per heavy atom. The lowest BCUT2D eigenvalue weighted by atomic mass is 10.0. The molecule has 1 atom stereocenters. The SMILES string of the molecule is CCCNC(Cc1nccn1C)c1cccc(N(C)C)c1. The molecule has 0 aliphatic carbocycles. The fraction of sp³-hybridized carbons (Fsp3) is 0.471. The minimum atomic E-state index is 0.297. The van der Waals surface area contributed by atoms with E-state index in [0.717, 1.165) is 25.2 Å². The van der Waals surface area contributed by atoms with Gasteiger partial charge >= 0.3 is 0 Å². The fourth-order valence-corrected chi connectivity index (χ4v) is 2.42. The first-order valence-corrected chi connectivity index (χ1v) is 7.58.